The second kappa shape index (κ2) is 5.35. The Morgan fingerprint density at radius 2 is 1.71 bits per heavy atom. The van der Waals surface area contributed by atoms with Crippen molar-refractivity contribution in [3.8, 4) is 0 Å². The summed E-state index contributed by atoms with van der Waals surface area (Å²) in [6.45, 7) is 6.59. The molecule has 0 bridgehead atoms. The average Bonchev–Trinajstić information content (AvgIpc) is 2.64. The molecule has 21 heavy (non-hydrogen) atoms. The summed E-state index contributed by atoms with van der Waals surface area (Å²) < 4.78 is 5.44. The number of ketones is 1. The van der Waals surface area contributed by atoms with Crippen LogP contribution in [0.4, 0.5) is 11.8 Å². The Morgan fingerprint density at radius 3 is 2.19 bits per heavy atom. The number of primary amides is 1. The zero-order valence-corrected chi connectivity index (χ0v) is 12.3. The first-order chi connectivity index (χ1) is 9.79. The minimum Gasteiger partial charge on any atom is -0.444 e. The van der Waals surface area contributed by atoms with Crippen LogP contribution in [0, 0.1) is 20.8 Å². The van der Waals surface area contributed by atoms with Crippen LogP contribution in [0.2, 0.25) is 0 Å². The number of Topliss-reactive ketones (excluding diaryl/α,β-unsaturated/α-hetero) is 1. The molecule has 2 aromatic rings. The maximum atomic E-state index is 11.6. The van der Waals surface area contributed by atoms with Crippen LogP contribution >= 0.6 is 0 Å². The fourth-order valence-electron chi connectivity index (χ4n) is 2.18. The molecule has 3 N–H and O–H groups in total. The number of aromatic nitrogens is 2. The zero-order valence-electron chi connectivity index (χ0n) is 12.3. The van der Waals surface area contributed by atoms with Crippen LogP contribution in [0.1, 0.15) is 44.8 Å². The van der Waals surface area contributed by atoms with Crippen molar-refractivity contribution < 1.29 is 14.0 Å². The molecule has 7 heteroatoms. The number of hydrogen-bond acceptors (Lipinski definition) is 6. The lowest BCUT2D eigenvalue weighted by Crippen LogP contribution is -2.16. The van der Waals surface area contributed by atoms with Gasteiger partial charge in [0.15, 0.2) is 5.78 Å². The van der Waals surface area contributed by atoms with Crippen molar-refractivity contribution in [3.05, 3.63) is 34.3 Å². The lowest BCUT2D eigenvalue weighted by molar-refractivity contribution is 0.0974. The molecule has 0 aliphatic rings. The quantitative estimate of drug-likeness (QED) is 0.833. The highest BCUT2D eigenvalue weighted by molar-refractivity contribution is 6.10. The second-order valence-corrected chi connectivity index (χ2v) is 4.76. The van der Waals surface area contributed by atoms with E-state index in [0.29, 0.717) is 5.76 Å². The van der Waals surface area contributed by atoms with Gasteiger partial charge in [0.25, 0.3) is 5.91 Å². The zero-order chi connectivity index (χ0) is 15.7. The number of amides is 1. The maximum absolute atomic E-state index is 11.6. The molecule has 0 spiro atoms. The van der Waals surface area contributed by atoms with Crippen molar-refractivity contribution >= 4 is 23.5 Å². The SMILES string of the molecule is CC(=O)c1c(C)oc(Nc2nc(C)cc(C)n2)c1C(N)=O. The van der Waals surface area contributed by atoms with Crippen molar-refractivity contribution in [2.75, 3.05) is 5.32 Å². The number of nitrogens with zero attached hydrogens (tertiary/aromatic N) is 2. The van der Waals surface area contributed by atoms with Gasteiger partial charge in [-0.1, -0.05) is 0 Å². The molecule has 0 saturated heterocycles. The van der Waals surface area contributed by atoms with Gasteiger partial charge in [-0.15, -0.1) is 0 Å². The Balaban J connectivity index is 2.52. The summed E-state index contributed by atoms with van der Waals surface area (Å²) in [5.41, 5.74) is 7.07. The fraction of sp³-hybridized carbons (Fsp3) is 0.286. The summed E-state index contributed by atoms with van der Waals surface area (Å²) in [6, 6.07) is 1.81. The predicted molar refractivity (Wildman–Crippen MR) is 76.8 cm³/mol. The van der Waals surface area contributed by atoms with Crippen LogP contribution < -0.4 is 11.1 Å². The number of carbonyl (C=O) groups excluding carboxylic acids is 2. The number of anilines is 2. The molecule has 1 amide bonds. The van der Waals surface area contributed by atoms with Gasteiger partial charge in [-0.2, -0.15) is 0 Å². The number of rotatable bonds is 4. The summed E-state index contributed by atoms with van der Waals surface area (Å²) in [4.78, 5) is 31.6. The number of furan rings is 1. The first-order valence-electron chi connectivity index (χ1n) is 6.33. The predicted octanol–water partition coefficient (Wildman–Crippen LogP) is 2.04. The van der Waals surface area contributed by atoms with E-state index in [0.717, 1.165) is 11.4 Å². The van der Waals surface area contributed by atoms with E-state index in [1.165, 1.54) is 6.92 Å². The van der Waals surface area contributed by atoms with Crippen molar-refractivity contribution in [1.29, 1.82) is 0 Å². The highest BCUT2D eigenvalue weighted by atomic mass is 16.4. The van der Waals surface area contributed by atoms with Gasteiger partial charge in [0.1, 0.15) is 11.3 Å². The van der Waals surface area contributed by atoms with Gasteiger partial charge < -0.3 is 10.2 Å². The molecule has 0 aromatic carbocycles. The number of hydrogen-bond donors (Lipinski definition) is 2. The van der Waals surface area contributed by atoms with Crippen LogP contribution in [0.25, 0.3) is 0 Å². The molecule has 0 aliphatic carbocycles. The first kappa shape index (κ1) is 14.7. The molecule has 0 fully saturated rings. The standard InChI is InChI=1S/C14H16N4O3/c1-6-5-7(2)17-14(16-6)18-13-11(12(15)20)10(8(3)19)9(4)21-13/h5H,1-4H3,(H2,15,20)(H,16,17,18). The van der Waals surface area contributed by atoms with Gasteiger partial charge in [-0.25, -0.2) is 9.97 Å². The summed E-state index contributed by atoms with van der Waals surface area (Å²) in [5.74, 6) is -0.361. The van der Waals surface area contributed by atoms with E-state index in [9.17, 15) is 9.59 Å². The van der Waals surface area contributed by atoms with Gasteiger partial charge in [-0.05, 0) is 33.8 Å². The van der Waals surface area contributed by atoms with E-state index < -0.39 is 5.91 Å². The van der Waals surface area contributed by atoms with Gasteiger partial charge in [0.2, 0.25) is 11.8 Å². The van der Waals surface area contributed by atoms with Gasteiger partial charge in [-0.3, -0.25) is 14.9 Å². The minimum absolute atomic E-state index is 0.0164. The molecule has 0 saturated carbocycles. The Labute approximate surface area is 121 Å². The fourth-order valence-corrected chi connectivity index (χ4v) is 2.18. The molecular formula is C14H16N4O3. The molecule has 0 atom stereocenters. The third-order valence-corrected chi connectivity index (χ3v) is 2.89. The molecule has 0 unspecified atom stereocenters. The maximum Gasteiger partial charge on any atom is 0.255 e. The van der Waals surface area contributed by atoms with E-state index in [1.807, 2.05) is 19.9 Å². The normalized spacial score (nSPS) is 10.5. The van der Waals surface area contributed by atoms with E-state index in [4.69, 9.17) is 10.2 Å². The van der Waals surface area contributed by atoms with Gasteiger partial charge in [0.05, 0.1) is 5.56 Å². The Kier molecular flexibility index (Phi) is 3.75. The van der Waals surface area contributed by atoms with Crippen LogP contribution in [0.15, 0.2) is 10.5 Å². The first-order valence-corrected chi connectivity index (χ1v) is 6.33. The van der Waals surface area contributed by atoms with Crippen LogP contribution in [-0.4, -0.2) is 21.7 Å². The largest absolute Gasteiger partial charge is 0.444 e. The molecule has 0 radical (unpaired) electrons. The van der Waals surface area contributed by atoms with Crippen molar-refractivity contribution in [3.63, 3.8) is 0 Å². The summed E-state index contributed by atoms with van der Waals surface area (Å²) in [5, 5.41) is 2.81. The number of aryl methyl sites for hydroxylation is 3. The summed E-state index contributed by atoms with van der Waals surface area (Å²) >= 11 is 0. The van der Waals surface area contributed by atoms with E-state index >= 15 is 0 Å². The van der Waals surface area contributed by atoms with Crippen molar-refractivity contribution in [2.24, 2.45) is 5.73 Å². The van der Waals surface area contributed by atoms with Gasteiger partial charge >= 0.3 is 0 Å². The smallest absolute Gasteiger partial charge is 0.255 e. The highest BCUT2D eigenvalue weighted by Gasteiger charge is 2.25. The van der Waals surface area contributed by atoms with Gasteiger partial charge in [0, 0.05) is 11.4 Å². The lowest BCUT2D eigenvalue weighted by atomic mass is 10.1. The second-order valence-electron chi connectivity index (χ2n) is 4.76. The minimum atomic E-state index is -0.746. The van der Waals surface area contributed by atoms with E-state index in [2.05, 4.69) is 15.3 Å². The lowest BCUT2D eigenvalue weighted by Gasteiger charge is -2.05. The molecule has 110 valence electrons. The number of nitrogens with one attached hydrogen (secondary N) is 1. The van der Waals surface area contributed by atoms with E-state index in [1.54, 1.807) is 6.92 Å². The number of carbonyl (C=O) groups is 2. The van der Waals surface area contributed by atoms with E-state index in [-0.39, 0.29) is 28.7 Å². The third-order valence-electron chi connectivity index (χ3n) is 2.89. The topological polar surface area (TPSA) is 111 Å². The number of nitrogens with two attached hydrogens (primary N) is 1. The molecule has 2 rings (SSSR count). The Bertz CT molecular complexity index is 714. The highest BCUT2D eigenvalue weighted by Crippen LogP contribution is 2.29. The van der Waals surface area contributed by atoms with Crippen molar-refractivity contribution in [1.82, 2.24) is 9.97 Å². The molecule has 2 heterocycles. The Hall–Kier alpha value is -2.70. The summed E-state index contributed by atoms with van der Waals surface area (Å²) in [7, 11) is 0. The average molecular weight is 288 g/mol. The van der Waals surface area contributed by atoms with Crippen LogP contribution in [-0.2, 0) is 0 Å². The van der Waals surface area contributed by atoms with Crippen LogP contribution in [0.3, 0.4) is 0 Å². The Morgan fingerprint density at radius 1 is 1.14 bits per heavy atom. The van der Waals surface area contributed by atoms with Crippen molar-refractivity contribution in [2.45, 2.75) is 27.7 Å². The molecule has 7 nitrogen and oxygen atoms in total. The molecular weight excluding hydrogens is 272 g/mol. The van der Waals surface area contributed by atoms with Crippen LogP contribution in [0.5, 0.6) is 0 Å². The summed E-state index contributed by atoms with van der Waals surface area (Å²) in [6.07, 6.45) is 0. The monoisotopic (exact) mass is 288 g/mol. The molecule has 0 aliphatic heterocycles. The molecule has 2 aromatic heterocycles. The third kappa shape index (κ3) is 2.91.